The van der Waals surface area contributed by atoms with Crippen molar-refractivity contribution >= 4 is 40.4 Å². The van der Waals surface area contributed by atoms with Gasteiger partial charge in [0.2, 0.25) is 6.41 Å². The maximum absolute atomic E-state index is 12.6. The van der Waals surface area contributed by atoms with Crippen LogP contribution in [0, 0.1) is 0 Å². The second kappa shape index (κ2) is 7.85. The van der Waals surface area contributed by atoms with E-state index in [2.05, 4.69) is 15.3 Å². The summed E-state index contributed by atoms with van der Waals surface area (Å²) in [5.41, 5.74) is 1.01. The molecule has 2 N–H and O–H groups in total. The van der Waals surface area contributed by atoms with E-state index in [1.165, 1.54) is 14.2 Å². The number of benzene rings is 1. The molecule has 7 nitrogen and oxygen atoms in total. The van der Waals surface area contributed by atoms with Crippen molar-refractivity contribution in [2.75, 3.05) is 14.2 Å². The van der Waals surface area contributed by atoms with Gasteiger partial charge in [-0.25, -0.2) is 0 Å². The lowest BCUT2D eigenvalue weighted by Gasteiger charge is -2.15. The van der Waals surface area contributed by atoms with E-state index in [-0.39, 0.29) is 22.1 Å². The normalized spacial score (nSPS) is 10.7. The molecule has 0 fully saturated rings. The van der Waals surface area contributed by atoms with Crippen molar-refractivity contribution in [1.82, 2.24) is 15.3 Å². The van der Waals surface area contributed by atoms with Gasteiger partial charge < -0.3 is 19.8 Å². The Hall–Kier alpha value is -2.77. The molecule has 140 valence electrons. The van der Waals surface area contributed by atoms with Crippen LogP contribution in [-0.2, 0) is 11.3 Å². The van der Waals surface area contributed by atoms with Gasteiger partial charge in [-0.1, -0.05) is 23.2 Å². The topological polar surface area (TPSA) is 93.3 Å². The van der Waals surface area contributed by atoms with Crippen molar-refractivity contribution in [2.45, 2.75) is 6.54 Å². The van der Waals surface area contributed by atoms with Crippen molar-refractivity contribution < 1.29 is 14.3 Å². The lowest BCUT2D eigenvalue weighted by atomic mass is 10.1. The highest BCUT2D eigenvalue weighted by Gasteiger charge is 2.20. The summed E-state index contributed by atoms with van der Waals surface area (Å²) in [6.07, 6.45) is 2.12. The number of methoxy groups -OCH3 is 2. The van der Waals surface area contributed by atoms with E-state index in [0.717, 1.165) is 0 Å². The highest BCUT2D eigenvalue weighted by molar-refractivity contribution is 6.41. The molecule has 0 saturated heterocycles. The molecule has 27 heavy (non-hydrogen) atoms. The summed E-state index contributed by atoms with van der Waals surface area (Å²) in [4.78, 5) is 30.1. The summed E-state index contributed by atoms with van der Waals surface area (Å²) in [5.74, 6) is 0.726. The molecule has 0 aliphatic rings. The minimum Gasteiger partial charge on any atom is -0.495 e. The molecular formula is C18H15Cl2N3O4. The average Bonchev–Trinajstić information content (AvgIpc) is 2.67. The van der Waals surface area contributed by atoms with Gasteiger partial charge in [-0.2, -0.15) is 0 Å². The van der Waals surface area contributed by atoms with Crippen LogP contribution >= 0.6 is 23.2 Å². The average molecular weight is 408 g/mol. The molecule has 0 spiro atoms. The second-order valence-electron chi connectivity index (χ2n) is 5.56. The van der Waals surface area contributed by atoms with Gasteiger partial charge >= 0.3 is 0 Å². The first kappa shape index (κ1) is 19.0. The fourth-order valence-corrected chi connectivity index (χ4v) is 3.41. The molecule has 0 atom stereocenters. The Bertz CT molecular complexity index is 1050. The summed E-state index contributed by atoms with van der Waals surface area (Å²) in [6.45, 7) is 0.228. The van der Waals surface area contributed by atoms with Crippen LogP contribution in [0.2, 0.25) is 10.0 Å². The first-order valence-electron chi connectivity index (χ1n) is 7.79. The summed E-state index contributed by atoms with van der Waals surface area (Å²) < 4.78 is 10.5. The predicted molar refractivity (Wildman–Crippen MR) is 104 cm³/mol. The van der Waals surface area contributed by atoms with Gasteiger partial charge in [-0.3, -0.25) is 14.6 Å². The smallest absolute Gasteiger partial charge is 0.256 e. The summed E-state index contributed by atoms with van der Waals surface area (Å²) in [5, 5.41) is 4.03. The number of H-pyrrole nitrogens is 1. The predicted octanol–water partition coefficient (Wildman–Crippen LogP) is 3.16. The van der Waals surface area contributed by atoms with Crippen molar-refractivity contribution in [3.05, 3.63) is 50.5 Å². The highest BCUT2D eigenvalue weighted by atomic mass is 35.5. The largest absolute Gasteiger partial charge is 0.495 e. The molecule has 2 heterocycles. The first-order chi connectivity index (χ1) is 13.0. The van der Waals surface area contributed by atoms with Crippen LogP contribution in [0.1, 0.15) is 5.69 Å². The zero-order chi connectivity index (χ0) is 19.6. The van der Waals surface area contributed by atoms with E-state index in [4.69, 9.17) is 32.7 Å². The van der Waals surface area contributed by atoms with Gasteiger partial charge in [-0.05, 0) is 12.1 Å². The molecule has 2 aromatic heterocycles. The number of carbonyl (C=O) groups is 1. The number of carbonyl (C=O) groups excluding carboxylic acids is 1. The standard InChI is InChI=1S/C18H15Cl2N3O4/c1-26-13-5-14(27-2)17(20)15(16(13)19)12-3-9-6-22-10(7-21-8-24)4-11(9)18(25)23-12/h3-6,8H,7H2,1-2H3,(H,21,24)(H,23,25). The van der Waals surface area contributed by atoms with Gasteiger partial charge in [0.25, 0.3) is 5.56 Å². The molecule has 3 rings (SSSR count). The van der Waals surface area contributed by atoms with Gasteiger partial charge in [0, 0.05) is 23.2 Å². The molecule has 1 aromatic carbocycles. The molecule has 1 amide bonds. The summed E-state index contributed by atoms with van der Waals surface area (Å²) in [7, 11) is 2.95. The Kier molecular flexibility index (Phi) is 5.53. The van der Waals surface area contributed by atoms with E-state index in [1.54, 1.807) is 24.4 Å². The molecule has 0 saturated carbocycles. The fourth-order valence-electron chi connectivity index (χ4n) is 2.70. The number of nitrogens with one attached hydrogen (secondary N) is 2. The maximum Gasteiger partial charge on any atom is 0.256 e. The third-order valence-electron chi connectivity index (χ3n) is 3.99. The molecule has 0 bridgehead atoms. The number of aromatic amines is 1. The van der Waals surface area contributed by atoms with Crippen molar-refractivity contribution in [3.63, 3.8) is 0 Å². The minimum absolute atomic E-state index is 0.228. The van der Waals surface area contributed by atoms with E-state index < -0.39 is 0 Å². The lowest BCUT2D eigenvalue weighted by molar-refractivity contribution is -0.109. The van der Waals surface area contributed by atoms with Crippen LogP contribution in [0.5, 0.6) is 11.5 Å². The number of pyridine rings is 2. The van der Waals surface area contributed by atoms with E-state index >= 15 is 0 Å². The number of amides is 1. The first-order valence-corrected chi connectivity index (χ1v) is 8.55. The summed E-state index contributed by atoms with van der Waals surface area (Å²) >= 11 is 12.8. The van der Waals surface area contributed by atoms with Gasteiger partial charge in [0.15, 0.2) is 0 Å². The second-order valence-corrected chi connectivity index (χ2v) is 6.31. The third-order valence-corrected chi connectivity index (χ3v) is 4.74. The monoisotopic (exact) mass is 407 g/mol. The van der Waals surface area contributed by atoms with Crippen LogP contribution in [0.4, 0.5) is 0 Å². The van der Waals surface area contributed by atoms with Crippen LogP contribution < -0.4 is 20.3 Å². The van der Waals surface area contributed by atoms with Crippen LogP contribution in [0.25, 0.3) is 22.0 Å². The van der Waals surface area contributed by atoms with Gasteiger partial charge in [0.1, 0.15) is 11.5 Å². The number of hydrogen-bond acceptors (Lipinski definition) is 5. The van der Waals surface area contributed by atoms with Crippen LogP contribution in [0.15, 0.2) is 29.2 Å². The Morgan fingerprint density at radius 2 is 1.81 bits per heavy atom. The minimum atomic E-state index is -0.342. The fraction of sp³-hybridized carbons (Fsp3) is 0.167. The van der Waals surface area contributed by atoms with E-state index in [9.17, 15) is 9.59 Å². The zero-order valence-electron chi connectivity index (χ0n) is 14.4. The maximum atomic E-state index is 12.6. The number of rotatable bonds is 6. The summed E-state index contributed by atoms with van der Waals surface area (Å²) in [6, 6.07) is 4.90. The zero-order valence-corrected chi connectivity index (χ0v) is 15.9. The number of hydrogen-bond donors (Lipinski definition) is 2. The number of nitrogens with zero attached hydrogens (tertiary/aromatic N) is 1. The lowest BCUT2D eigenvalue weighted by Crippen LogP contribution is -2.13. The van der Waals surface area contributed by atoms with Crippen molar-refractivity contribution in [1.29, 1.82) is 0 Å². The molecule has 0 aliphatic heterocycles. The van der Waals surface area contributed by atoms with Crippen molar-refractivity contribution in [3.8, 4) is 22.8 Å². The Balaban J connectivity index is 2.21. The van der Waals surface area contributed by atoms with Crippen LogP contribution in [-0.4, -0.2) is 30.6 Å². The van der Waals surface area contributed by atoms with Gasteiger partial charge in [-0.15, -0.1) is 0 Å². The quantitative estimate of drug-likeness (QED) is 0.612. The molecule has 0 unspecified atom stereocenters. The van der Waals surface area contributed by atoms with Crippen molar-refractivity contribution in [2.24, 2.45) is 0 Å². The Morgan fingerprint density at radius 1 is 1.15 bits per heavy atom. The number of fused-ring (bicyclic) bond motifs is 1. The molecule has 0 aliphatic carbocycles. The number of aromatic nitrogens is 2. The Morgan fingerprint density at radius 3 is 2.41 bits per heavy atom. The molecular weight excluding hydrogens is 393 g/mol. The molecule has 0 radical (unpaired) electrons. The number of ether oxygens (including phenoxy) is 2. The highest BCUT2D eigenvalue weighted by Crippen LogP contribution is 2.45. The Labute approximate surface area is 164 Å². The molecule has 3 aromatic rings. The van der Waals surface area contributed by atoms with E-state index in [1.807, 2.05) is 0 Å². The molecule has 9 heteroatoms. The third kappa shape index (κ3) is 3.56. The van der Waals surface area contributed by atoms with E-state index in [0.29, 0.717) is 45.6 Å². The van der Waals surface area contributed by atoms with Gasteiger partial charge in [0.05, 0.1) is 47.6 Å². The SMILES string of the molecule is COc1cc(OC)c(Cl)c(-c2cc3cnc(CNC=O)cc3c(=O)[nH]2)c1Cl. The van der Waals surface area contributed by atoms with Crippen LogP contribution in [0.3, 0.4) is 0 Å². The number of halogens is 2.